The Morgan fingerprint density at radius 3 is 2.64 bits per heavy atom. The van der Waals surface area contributed by atoms with Crippen LogP contribution in [0.25, 0.3) is 0 Å². The number of rotatable bonds is 1. The number of esters is 1. The fourth-order valence-electron chi connectivity index (χ4n) is 0.906. The van der Waals surface area contributed by atoms with Crippen LogP contribution in [0.15, 0.2) is 12.1 Å². The van der Waals surface area contributed by atoms with Crippen LogP contribution in [0.1, 0.15) is 15.9 Å². The second-order valence-electron chi connectivity index (χ2n) is 2.42. The van der Waals surface area contributed by atoms with Crippen LogP contribution in [0.5, 0.6) is 0 Å². The van der Waals surface area contributed by atoms with Gasteiger partial charge in [0.15, 0.2) is 11.6 Å². The van der Waals surface area contributed by atoms with Crippen LogP contribution in [0.3, 0.4) is 0 Å². The average Bonchev–Trinajstić information content (AvgIpc) is 2.20. The first kappa shape index (κ1) is 10.1. The normalized spacial score (nSPS) is 9.29. The SMILES string of the molecule is COC(=O)c1cc(F)c(F)c(C#N)c1. The highest BCUT2D eigenvalue weighted by molar-refractivity contribution is 5.89. The Labute approximate surface area is 78.5 Å². The van der Waals surface area contributed by atoms with E-state index in [-0.39, 0.29) is 5.56 Å². The molecule has 0 aliphatic heterocycles. The van der Waals surface area contributed by atoms with Crippen LogP contribution >= 0.6 is 0 Å². The second-order valence-corrected chi connectivity index (χ2v) is 2.42. The lowest BCUT2D eigenvalue weighted by atomic mass is 10.1. The van der Waals surface area contributed by atoms with Crippen LogP contribution in [0.2, 0.25) is 0 Å². The third kappa shape index (κ3) is 1.69. The minimum Gasteiger partial charge on any atom is -0.465 e. The summed E-state index contributed by atoms with van der Waals surface area (Å²) in [5.74, 6) is -3.33. The first-order valence-corrected chi connectivity index (χ1v) is 3.57. The fourth-order valence-corrected chi connectivity index (χ4v) is 0.906. The first-order chi connectivity index (χ1) is 6.60. The van der Waals surface area contributed by atoms with E-state index in [1.54, 1.807) is 0 Å². The lowest BCUT2D eigenvalue weighted by molar-refractivity contribution is 0.0600. The minimum atomic E-state index is -1.26. The van der Waals surface area contributed by atoms with Crippen molar-refractivity contribution in [3.05, 3.63) is 34.9 Å². The molecule has 0 aliphatic carbocycles. The summed E-state index contributed by atoms with van der Waals surface area (Å²) in [5, 5.41) is 8.41. The largest absolute Gasteiger partial charge is 0.465 e. The zero-order valence-electron chi connectivity index (χ0n) is 7.17. The van der Waals surface area contributed by atoms with Crippen LogP contribution in [-0.2, 0) is 4.74 Å². The standard InChI is InChI=1S/C9H5F2NO2/c1-14-9(13)5-2-6(4-12)8(11)7(10)3-5/h2-3H,1H3. The van der Waals surface area contributed by atoms with Crippen molar-refractivity contribution in [3.8, 4) is 6.07 Å². The smallest absolute Gasteiger partial charge is 0.337 e. The quantitative estimate of drug-likeness (QED) is 0.643. The Kier molecular flexibility index (Phi) is 2.77. The van der Waals surface area contributed by atoms with Crippen molar-refractivity contribution in [2.75, 3.05) is 7.11 Å². The Bertz CT molecular complexity index is 424. The number of carbonyl (C=O) groups excluding carboxylic acids is 1. The summed E-state index contributed by atoms with van der Waals surface area (Å²) in [5.41, 5.74) is -0.714. The van der Waals surface area contributed by atoms with Crippen molar-refractivity contribution >= 4 is 5.97 Å². The van der Waals surface area contributed by atoms with Crippen molar-refractivity contribution in [3.63, 3.8) is 0 Å². The Balaban J connectivity index is 3.32. The van der Waals surface area contributed by atoms with Gasteiger partial charge in [0.2, 0.25) is 0 Å². The highest BCUT2D eigenvalue weighted by Gasteiger charge is 2.14. The van der Waals surface area contributed by atoms with Crippen molar-refractivity contribution in [2.45, 2.75) is 0 Å². The van der Waals surface area contributed by atoms with Gasteiger partial charge in [-0.1, -0.05) is 0 Å². The van der Waals surface area contributed by atoms with Crippen molar-refractivity contribution in [1.82, 2.24) is 0 Å². The number of benzene rings is 1. The van der Waals surface area contributed by atoms with E-state index in [4.69, 9.17) is 5.26 Å². The second kappa shape index (κ2) is 3.83. The highest BCUT2D eigenvalue weighted by atomic mass is 19.2. The zero-order chi connectivity index (χ0) is 10.7. The molecule has 1 aromatic rings. The summed E-state index contributed by atoms with van der Waals surface area (Å²) in [6.45, 7) is 0. The van der Waals surface area contributed by atoms with Crippen LogP contribution in [0, 0.1) is 23.0 Å². The van der Waals surface area contributed by atoms with Gasteiger partial charge in [-0.25, -0.2) is 13.6 Å². The number of hydrogen-bond acceptors (Lipinski definition) is 3. The lowest BCUT2D eigenvalue weighted by Gasteiger charge is -2.01. The first-order valence-electron chi connectivity index (χ1n) is 3.57. The molecule has 0 unspecified atom stereocenters. The number of hydrogen-bond donors (Lipinski definition) is 0. The topological polar surface area (TPSA) is 50.1 Å². The molecule has 1 rings (SSSR count). The molecule has 0 spiro atoms. The minimum absolute atomic E-state index is 0.192. The fraction of sp³-hybridized carbons (Fsp3) is 0.111. The molecular formula is C9H5F2NO2. The van der Waals surface area contributed by atoms with Crippen molar-refractivity contribution in [2.24, 2.45) is 0 Å². The molecule has 0 amide bonds. The lowest BCUT2D eigenvalue weighted by Crippen LogP contribution is -2.04. The van der Waals surface area contributed by atoms with E-state index >= 15 is 0 Å². The molecule has 0 bridgehead atoms. The molecular weight excluding hydrogens is 192 g/mol. The third-order valence-electron chi connectivity index (χ3n) is 1.57. The molecule has 72 valence electrons. The van der Waals surface area contributed by atoms with Gasteiger partial charge in [0.05, 0.1) is 18.2 Å². The number of ether oxygens (including phenoxy) is 1. The van der Waals surface area contributed by atoms with Gasteiger partial charge in [0, 0.05) is 0 Å². The number of nitriles is 1. The van der Waals surface area contributed by atoms with E-state index in [0.717, 1.165) is 13.2 Å². The molecule has 5 heteroatoms. The Morgan fingerprint density at radius 1 is 1.50 bits per heavy atom. The van der Waals surface area contributed by atoms with E-state index < -0.39 is 23.2 Å². The summed E-state index contributed by atoms with van der Waals surface area (Å²) >= 11 is 0. The van der Waals surface area contributed by atoms with Gasteiger partial charge < -0.3 is 4.74 Å². The summed E-state index contributed by atoms with van der Waals surface area (Å²) in [7, 11) is 1.11. The van der Waals surface area contributed by atoms with Gasteiger partial charge in [-0.05, 0) is 12.1 Å². The third-order valence-corrected chi connectivity index (χ3v) is 1.57. The maximum atomic E-state index is 12.8. The zero-order valence-corrected chi connectivity index (χ0v) is 7.17. The summed E-state index contributed by atoms with van der Waals surface area (Å²) < 4.78 is 29.9. The van der Waals surface area contributed by atoms with E-state index in [2.05, 4.69) is 4.74 Å². The van der Waals surface area contributed by atoms with Crippen LogP contribution in [-0.4, -0.2) is 13.1 Å². The summed E-state index contributed by atoms with van der Waals surface area (Å²) in [4.78, 5) is 10.9. The number of methoxy groups -OCH3 is 1. The monoisotopic (exact) mass is 197 g/mol. The predicted molar refractivity (Wildman–Crippen MR) is 42.4 cm³/mol. The highest BCUT2D eigenvalue weighted by Crippen LogP contribution is 2.14. The molecule has 0 heterocycles. The molecule has 1 aromatic carbocycles. The number of nitrogens with zero attached hydrogens (tertiary/aromatic N) is 1. The summed E-state index contributed by atoms with van der Waals surface area (Å²) in [6.07, 6.45) is 0. The van der Waals surface area contributed by atoms with Crippen molar-refractivity contribution < 1.29 is 18.3 Å². The maximum Gasteiger partial charge on any atom is 0.337 e. The van der Waals surface area contributed by atoms with Gasteiger partial charge in [0.25, 0.3) is 0 Å². The molecule has 0 radical (unpaired) electrons. The molecule has 0 aromatic heterocycles. The van der Waals surface area contributed by atoms with Gasteiger partial charge in [0.1, 0.15) is 6.07 Å². The molecule has 14 heavy (non-hydrogen) atoms. The van der Waals surface area contributed by atoms with E-state index in [0.29, 0.717) is 6.07 Å². The number of carbonyl (C=O) groups is 1. The van der Waals surface area contributed by atoms with E-state index in [1.165, 1.54) is 6.07 Å². The van der Waals surface area contributed by atoms with Gasteiger partial charge in [-0.15, -0.1) is 0 Å². The molecule has 0 N–H and O–H groups in total. The summed E-state index contributed by atoms with van der Waals surface area (Å²) in [6, 6.07) is 3.05. The molecule has 0 fully saturated rings. The molecule has 3 nitrogen and oxygen atoms in total. The molecule has 0 saturated carbocycles. The molecule has 0 atom stereocenters. The van der Waals surface area contributed by atoms with Gasteiger partial charge >= 0.3 is 5.97 Å². The maximum absolute atomic E-state index is 12.8. The molecule has 0 aliphatic rings. The van der Waals surface area contributed by atoms with Crippen molar-refractivity contribution in [1.29, 1.82) is 5.26 Å². The molecule has 0 saturated heterocycles. The van der Waals surface area contributed by atoms with Crippen LogP contribution < -0.4 is 0 Å². The Morgan fingerprint density at radius 2 is 2.14 bits per heavy atom. The number of halogens is 2. The van der Waals surface area contributed by atoms with Gasteiger partial charge in [-0.2, -0.15) is 5.26 Å². The Hall–Kier alpha value is -1.96. The van der Waals surface area contributed by atoms with Gasteiger partial charge in [-0.3, -0.25) is 0 Å². The average molecular weight is 197 g/mol. The van der Waals surface area contributed by atoms with E-state index in [9.17, 15) is 13.6 Å². The van der Waals surface area contributed by atoms with E-state index in [1.807, 2.05) is 0 Å². The predicted octanol–water partition coefficient (Wildman–Crippen LogP) is 1.62. The van der Waals surface area contributed by atoms with Crippen LogP contribution in [0.4, 0.5) is 8.78 Å².